The number of hydrogen-bond donors (Lipinski definition) is 0. The lowest BCUT2D eigenvalue weighted by atomic mass is 9.90. The Morgan fingerprint density at radius 3 is 2.65 bits per heavy atom. The highest BCUT2D eigenvalue weighted by Gasteiger charge is 2.38. The predicted octanol–water partition coefficient (Wildman–Crippen LogP) is 3.95. The maximum atomic E-state index is 13.3. The molecule has 0 fully saturated rings. The van der Waals surface area contributed by atoms with Crippen LogP contribution in [0.25, 0.3) is 0 Å². The Hall–Kier alpha value is -3.10. The van der Waals surface area contributed by atoms with Crippen molar-refractivity contribution in [2.24, 2.45) is 0 Å². The Morgan fingerprint density at radius 2 is 1.94 bits per heavy atom. The molecule has 7 nitrogen and oxygen atoms in total. The van der Waals surface area contributed by atoms with E-state index in [-0.39, 0.29) is 29.7 Å². The van der Waals surface area contributed by atoms with E-state index in [4.69, 9.17) is 21.1 Å². The van der Waals surface area contributed by atoms with Crippen molar-refractivity contribution in [2.75, 3.05) is 19.1 Å². The summed E-state index contributed by atoms with van der Waals surface area (Å²) in [4.78, 5) is 40.1. The average molecular weight is 459 g/mol. The van der Waals surface area contributed by atoms with Crippen molar-refractivity contribution in [1.82, 2.24) is 4.57 Å². The van der Waals surface area contributed by atoms with E-state index in [1.54, 1.807) is 31.4 Å². The summed E-state index contributed by atoms with van der Waals surface area (Å²) in [7, 11) is 2.83. The minimum absolute atomic E-state index is 0.158. The number of fused-ring (bicyclic) bond motifs is 1. The minimum Gasteiger partial charge on any atom is -0.497 e. The molecular weight excluding hydrogens is 440 g/mol. The number of halogens is 1. The summed E-state index contributed by atoms with van der Waals surface area (Å²) >= 11 is 7.18. The number of rotatable bonds is 5. The van der Waals surface area contributed by atoms with Gasteiger partial charge < -0.3 is 9.47 Å². The number of anilines is 2. The monoisotopic (exact) mass is 458 g/mol. The maximum Gasteiger partial charge on any atom is 0.325 e. The molecule has 31 heavy (non-hydrogen) atoms. The van der Waals surface area contributed by atoms with Crippen LogP contribution in [-0.4, -0.2) is 30.7 Å². The van der Waals surface area contributed by atoms with Crippen molar-refractivity contribution in [3.8, 4) is 5.75 Å². The molecule has 1 aromatic heterocycles. The number of ether oxygens (including phenoxy) is 2. The van der Waals surface area contributed by atoms with Gasteiger partial charge in [0.25, 0.3) is 0 Å². The topological polar surface area (TPSA) is 77.8 Å². The Morgan fingerprint density at radius 1 is 1.16 bits per heavy atom. The number of thiazole rings is 1. The summed E-state index contributed by atoms with van der Waals surface area (Å²) in [5.74, 6) is -0.106. The third kappa shape index (κ3) is 3.96. The summed E-state index contributed by atoms with van der Waals surface area (Å²) < 4.78 is 11.4. The largest absolute Gasteiger partial charge is 0.497 e. The number of esters is 1. The number of methoxy groups -OCH3 is 2. The number of carbonyl (C=O) groups is 2. The van der Waals surface area contributed by atoms with Gasteiger partial charge >= 0.3 is 10.8 Å². The van der Waals surface area contributed by atoms with E-state index in [0.29, 0.717) is 27.2 Å². The Balaban J connectivity index is 1.92. The highest BCUT2D eigenvalue weighted by atomic mass is 35.5. The lowest BCUT2D eigenvalue weighted by molar-refractivity contribution is -0.141. The maximum absolute atomic E-state index is 13.3. The summed E-state index contributed by atoms with van der Waals surface area (Å²) in [6, 6.07) is 14.2. The summed E-state index contributed by atoms with van der Waals surface area (Å²) in [6.45, 7) is -0.295. The van der Waals surface area contributed by atoms with Crippen LogP contribution in [0.4, 0.5) is 11.5 Å². The van der Waals surface area contributed by atoms with Gasteiger partial charge in [-0.15, -0.1) is 0 Å². The first-order chi connectivity index (χ1) is 14.9. The van der Waals surface area contributed by atoms with Crippen LogP contribution in [0.15, 0.2) is 53.3 Å². The van der Waals surface area contributed by atoms with Gasteiger partial charge in [0.1, 0.15) is 18.1 Å². The molecule has 0 aliphatic carbocycles. The Bertz CT molecular complexity index is 1220. The van der Waals surface area contributed by atoms with Gasteiger partial charge in [-0.05, 0) is 35.9 Å². The minimum atomic E-state index is -0.579. The van der Waals surface area contributed by atoms with E-state index in [1.807, 2.05) is 24.3 Å². The molecule has 160 valence electrons. The summed E-state index contributed by atoms with van der Waals surface area (Å²) in [6.07, 6.45) is 0.158. The highest BCUT2D eigenvalue weighted by molar-refractivity contribution is 7.10. The van der Waals surface area contributed by atoms with Crippen LogP contribution in [-0.2, 0) is 20.9 Å². The molecule has 0 bridgehead atoms. The average Bonchev–Trinajstić information content (AvgIpc) is 3.08. The lowest BCUT2D eigenvalue weighted by Gasteiger charge is -2.32. The third-order valence-electron chi connectivity index (χ3n) is 5.13. The van der Waals surface area contributed by atoms with Gasteiger partial charge in [0, 0.05) is 17.4 Å². The van der Waals surface area contributed by atoms with E-state index >= 15 is 0 Å². The van der Waals surface area contributed by atoms with Gasteiger partial charge in [-0.2, -0.15) is 0 Å². The molecule has 0 spiro atoms. The lowest BCUT2D eigenvalue weighted by Crippen LogP contribution is -2.36. The molecule has 1 aliphatic rings. The van der Waals surface area contributed by atoms with Crippen LogP contribution in [0, 0.1) is 0 Å². The van der Waals surface area contributed by atoms with Crippen molar-refractivity contribution < 1.29 is 19.1 Å². The Labute approximate surface area is 187 Å². The van der Waals surface area contributed by atoms with Crippen molar-refractivity contribution >= 4 is 46.3 Å². The molecule has 2 aromatic carbocycles. The summed E-state index contributed by atoms with van der Waals surface area (Å²) in [5, 5.41) is 0.457. The van der Waals surface area contributed by atoms with Gasteiger partial charge in [-0.25, -0.2) is 0 Å². The number of hydrogen-bond acceptors (Lipinski definition) is 6. The van der Waals surface area contributed by atoms with Crippen molar-refractivity contribution in [1.29, 1.82) is 0 Å². The van der Waals surface area contributed by atoms with Crippen LogP contribution < -0.4 is 14.5 Å². The van der Waals surface area contributed by atoms with E-state index in [9.17, 15) is 14.4 Å². The number of aromatic nitrogens is 1. The molecule has 0 saturated carbocycles. The number of carbonyl (C=O) groups excluding carboxylic acids is 2. The van der Waals surface area contributed by atoms with E-state index in [0.717, 1.165) is 16.9 Å². The van der Waals surface area contributed by atoms with Crippen molar-refractivity contribution in [3.05, 3.63) is 73.7 Å². The van der Waals surface area contributed by atoms with E-state index in [2.05, 4.69) is 0 Å². The molecule has 9 heteroatoms. The second-order valence-corrected chi connectivity index (χ2v) is 8.39. The fraction of sp³-hybridized carbons (Fsp3) is 0.227. The van der Waals surface area contributed by atoms with Gasteiger partial charge in [0.15, 0.2) is 0 Å². The van der Waals surface area contributed by atoms with Crippen molar-refractivity contribution in [3.63, 3.8) is 0 Å². The zero-order chi connectivity index (χ0) is 22.1. The van der Waals surface area contributed by atoms with Gasteiger partial charge in [0.05, 0.1) is 24.8 Å². The fourth-order valence-electron chi connectivity index (χ4n) is 3.69. The number of benzene rings is 2. The zero-order valence-corrected chi connectivity index (χ0v) is 18.4. The van der Waals surface area contributed by atoms with Gasteiger partial charge in [-0.3, -0.25) is 23.9 Å². The number of nitrogens with zero attached hydrogens (tertiary/aromatic N) is 2. The SMILES string of the molecule is COC(=O)Cn1c2c(sc1=O)[C@@H](c1cccc(OC)c1)CC(=O)N2c1cccc(Cl)c1. The third-order valence-corrected chi connectivity index (χ3v) is 6.44. The molecular formula is C22H19ClN2O5S. The highest BCUT2D eigenvalue weighted by Crippen LogP contribution is 2.45. The molecule has 0 unspecified atom stereocenters. The summed E-state index contributed by atoms with van der Waals surface area (Å²) in [5.41, 5.74) is 1.38. The van der Waals surface area contributed by atoms with Crippen LogP contribution >= 0.6 is 22.9 Å². The molecule has 1 atom stereocenters. The normalized spacial score (nSPS) is 15.5. The standard InChI is InChI=1S/C22H19ClN2O5S/c1-29-16-8-3-5-13(9-16)17-11-18(26)25(15-7-4-6-14(23)10-15)21-20(17)31-22(28)24(21)12-19(27)30-2/h3-10,17H,11-12H2,1-2H3/t17-/m1/s1. The first-order valence-electron chi connectivity index (χ1n) is 9.45. The second kappa shape index (κ2) is 8.56. The smallest absolute Gasteiger partial charge is 0.325 e. The zero-order valence-electron chi connectivity index (χ0n) is 16.8. The molecule has 3 aromatic rings. The van der Waals surface area contributed by atoms with Gasteiger partial charge in [-0.1, -0.05) is 41.1 Å². The Kier molecular flexibility index (Phi) is 5.84. The van der Waals surface area contributed by atoms with Crippen LogP contribution in [0.5, 0.6) is 5.75 Å². The van der Waals surface area contributed by atoms with E-state index in [1.165, 1.54) is 16.6 Å². The van der Waals surface area contributed by atoms with Gasteiger partial charge in [0.2, 0.25) is 5.91 Å². The quantitative estimate of drug-likeness (QED) is 0.541. The first kappa shape index (κ1) is 21.1. The molecule has 0 saturated heterocycles. The van der Waals surface area contributed by atoms with Crippen LogP contribution in [0.2, 0.25) is 5.02 Å². The molecule has 0 N–H and O–H groups in total. The van der Waals surface area contributed by atoms with Crippen LogP contribution in [0.1, 0.15) is 22.8 Å². The first-order valence-corrected chi connectivity index (χ1v) is 10.6. The van der Waals surface area contributed by atoms with Crippen LogP contribution in [0.3, 0.4) is 0 Å². The predicted molar refractivity (Wildman–Crippen MR) is 119 cm³/mol. The number of amides is 1. The fourth-order valence-corrected chi connectivity index (χ4v) is 4.98. The second-order valence-electron chi connectivity index (χ2n) is 6.96. The van der Waals surface area contributed by atoms with E-state index < -0.39 is 5.97 Å². The molecule has 0 radical (unpaired) electrons. The molecule has 1 amide bonds. The molecule has 4 rings (SSSR count). The molecule has 2 heterocycles. The molecule has 1 aliphatic heterocycles. The van der Waals surface area contributed by atoms with Crippen molar-refractivity contribution in [2.45, 2.75) is 18.9 Å².